The van der Waals surface area contributed by atoms with E-state index in [0.717, 1.165) is 17.8 Å². The quantitative estimate of drug-likeness (QED) is 0.00455. The number of likely N-dealkylation sites (tertiary alicyclic amines) is 1. The number of rotatable bonds is 30. The van der Waals surface area contributed by atoms with Crippen molar-refractivity contribution >= 4 is 88.4 Å². The monoisotopic (exact) mass is 1220 g/mol. The largest absolute Gasteiger partial charge is 1.00 e. The van der Waals surface area contributed by atoms with E-state index in [1.54, 1.807) is 105 Å². The number of hydrogen-bond acceptors (Lipinski definition) is 15. The van der Waals surface area contributed by atoms with Gasteiger partial charge in [-0.25, -0.2) is 9.59 Å². The van der Waals surface area contributed by atoms with Gasteiger partial charge in [0.15, 0.2) is 0 Å². The Morgan fingerprint density at radius 3 is 1.51 bits per heavy atom. The molecule has 5 amide bonds. The van der Waals surface area contributed by atoms with Crippen LogP contribution >= 0.6 is 11.8 Å². The van der Waals surface area contributed by atoms with Crippen molar-refractivity contribution in [1.29, 1.82) is 0 Å². The minimum absolute atomic E-state index is 0. The summed E-state index contributed by atoms with van der Waals surface area (Å²) in [7, 11) is 1.47. The van der Waals surface area contributed by atoms with E-state index in [1.807, 2.05) is 35.8 Å². The molecule has 1 aliphatic rings. The first-order chi connectivity index (χ1) is 39.2. The summed E-state index contributed by atoms with van der Waals surface area (Å²) in [5, 5.41) is 40.4. The van der Waals surface area contributed by atoms with Crippen LogP contribution < -0.4 is 82.3 Å². The lowest BCUT2D eigenvalue weighted by molar-refractivity contribution is -0.139. The average molecular weight is 1220 g/mol. The fraction of sp³-hybridized carbons (Fsp3) is 0.373. The zero-order valence-corrected chi connectivity index (χ0v) is 50.5. The van der Waals surface area contributed by atoms with E-state index in [1.165, 1.54) is 23.8 Å². The Morgan fingerprint density at radius 1 is 0.667 bits per heavy atom. The maximum Gasteiger partial charge on any atom is 0.339 e. The molecule has 1 atom stereocenters. The van der Waals surface area contributed by atoms with Crippen molar-refractivity contribution < 1.29 is 93.6 Å². The number of anilines is 2. The van der Waals surface area contributed by atoms with Crippen LogP contribution in [0.15, 0.2) is 96.1 Å². The molecule has 1 fully saturated rings. The standard InChI is InChI=1S/C35H46N6O7S.C24H30N4O5.2ClH/c1-4-40(26-12-9-25(28(42)21-26)20-23(2)35(47)48-27-13-10-24(11-14-27)33(36)37)19-17-39-30(43)8-6-5-7-16-38-31(44)15-18-41-32(45)22-29(49-3)34(41)46;1-4-28(12-11-27-22(30)15-32-3)19-8-5-18(21(29)14-19)13-16(2)24(31)33-20-9-6-17(7-10-20)23(25)26;;/h9-14,20-21,29,42H,4-8,15-19,22H2,1-3H3,(H3,36,37)(H,38,44)(H,39,43);5-10,13-14,29H,4,11-12,15H2,1-3H3,(H3,25,26)(H,27,30);2*1H/b23-20+;16-13+;;. The van der Waals surface area contributed by atoms with E-state index in [0.29, 0.717) is 110 Å². The molecule has 0 radical (unpaired) electrons. The van der Waals surface area contributed by atoms with Gasteiger partial charge < -0.3 is 75.0 Å². The number of unbranched alkanes of at least 4 members (excludes halogenated alkanes) is 2. The molecule has 4 aromatic carbocycles. The van der Waals surface area contributed by atoms with Crippen molar-refractivity contribution in [3.05, 3.63) is 118 Å². The number of nitrogens with zero attached hydrogens (tertiary/aromatic N) is 3. The number of amidine groups is 2. The SMILES string of the molecule is CCN(CCNC(=O)CCCCCNC(=O)CCN1C(=O)CC(SC)C1=O)c1ccc(/C=C(\C)C(=O)Oc2ccc(C(N)=[NH2+])cc2)c(O)c1.CCN(CCNC(=O)COC)c1ccc(/C=C(\C)C(=O)Oc2ccc(C(N)=[NH2+])cc2)c(O)c1.[Cl-].[Cl-]. The summed E-state index contributed by atoms with van der Waals surface area (Å²) in [6.07, 6.45) is 7.69. The van der Waals surface area contributed by atoms with Crippen molar-refractivity contribution in [3.63, 3.8) is 0 Å². The molecule has 0 spiro atoms. The second-order valence-corrected chi connectivity index (χ2v) is 19.9. The maximum absolute atomic E-state index is 12.6. The van der Waals surface area contributed by atoms with Gasteiger partial charge in [0.25, 0.3) is 11.7 Å². The van der Waals surface area contributed by atoms with Crippen molar-refractivity contribution in [2.24, 2.45) is 11.5 Å². The minimum Gasteiger partial charge on any atom is -1.00 e. The Balaban J connectivity index is 0.000000602. The number of hydrogen-bond donors (Lipinski definition) is 9. The predicted octanol–water partition coefficient (Wildman–Crippen LogP) is -4.17. The Morgan fingerprint density at radius 2 is 1.11 bits per heavy atom. The van der Waals surface area contributed by atoms with Gasteiger partial charge in [0.05, 0.1) is 16.4 Å². The molecule has 1 unspecified atom stereocenters. The Hall–Kier alpha value is -8.12. The third kappa shape index (κ3) is 23.6. The molecule has 1 saturated heterocycles. The molecule has 13 N–H and O–H groups in total. The number of halogens is 2. The minimum atomic E-state index is -0.564. The number of thioether (sulfide) groups is 1. The molecule has 84 heavy (non-hydrogen) atoms. The summed E-state index contributed by atoms with van der Waals surface area (Å²) < 4.78 is 15.5. The first-order valence-electron chi connectivity index (χ1n) is 26.8. The topological polar surface area (TPSA) is 337 Å². The Kier molecular flexibility index (Phi) is 31.8. The number of nitrogens with one attached hydrogen (secondary N) is 3. The van der Waals surface area contributed by atoms with E-state index in [-0.39, 0.29) is 109 Å². The van der Waals surface area contributed by atoms with Crippen LogP contribution in [0.1, 0.15) is 88.5 Å². The molecule has 22 nitrogen and oxygen atoms in total. The summed E-state index contributed by atoms with van der Waals surface area (Å²) in [4.78, 5) is 90.3. The number of carbonyl (C=O) groups excluding carboxylic acids is 7. The molecule has 4 aromatic rings. The maximum atomic E-state index is 12.6. The number of amides is 5. The van der Waals surface area contributed by atoms with Crippen LogP contribution in [0.4, 0.5) is 11.4 Å². The molecule has 0 saturated carbocycles. The van der Waals surface area contributed by atoms with Gasteiger partial charge in [0, 0.05) is 125 Å². The molecule has 0 aliphatic carbocycles. The van der Waals surface area contributed by atoms with Gasteiger partial charge in [-0.3, -0.25) is 51.2 Å². The number of carbonyl (C=O) groups is 7. The molecule has 0 bridgehead atoms. The number of ether oxygens (including phenoxy) is 3. The van der Waals surface area contributed by atoms with Gasteiger partial charge in [-0.1, -0.05) is 6.42 Å². The lowest BCUT2D eigenvalue weighted by atomic mass is 10.1. The van der Waals surface area contributed by atoms with Crippen LogP contribution in [0.5, 0.6) is 23.0 Å². The van der Waals surface area contributed by atoms with Crippen LogP contribution in [0.2, 0.25) is 0 Å². The Bertz CT molecular complexity index is 2960. The van der Waals surface area contributed by atoms with Crippen molar-refractivity contribution in [2.45, 2.75) is 71.5 Å². The second kappa shape index (κ2) is 37.2. The lowest BCUT2D eigenvalue weighted by Crippen LogP contribution is -3.00. The zero-order chi connectivity index (χ0) is 60.3. The molecule has 1 heterocycles. The lowest BCUT2D eigenvalue weighted by Gasteiger charge is -2.24. The fourth-order valence-corrected chi connectivity index (χ4v) is 8.79. The highest BCUT2D eigenvalue weighted by Gasteiger charge is 2.37. The van der Waals surface area contributed by atoms with Crippen LogP contribution in [0.3, 0.4) is 0 Å². The van der Waals surface area contributed by atoms with Gasteiger partial charge in [0.1, 0.15) is 29.6 Å². The van der Waals surface area contributed by atoms with Crippen molar-refractivity contribution in [3.8, 4) is 23.0 Å². The van der Waals surface area contributed by atoms with Crippen LogP contribution in [0.25, 0.3) is 12.2 Å². The van der Waals surface area contributed by atoms with Crippen LogP contribution in [-0.4, -0.2) is 146 Å². The van der Waals surface area contributed by atoms with Gasteiger partial charge in [-0.2, -0.15) is 11.8 Å². The molecule has 456 valence electrons. The normalized spacial score (nSPS) is 12.8. The van der Waals surface area contributed by atoms with Crippen LogP contribution in [0, 0.1) is 0 Å². The predicted molar refractivity (Wildman–Crippen MR) is 317 cm³/mol. The summed E-state index contributed by atoms with van der Waals surface area (Å²) in [5.74, 6) is -0.949. The van der Waals surface area contributed by atoms with Gasteiger partial charge >= 0.3 is 11.9 Å². The number of nitrogens with two attached hydrogens (primary N) is 4. The highest BCUT2D eigenvalue weighted by atomic mass is 35.5. The van der Waals surface area contributed by atoms with E-state index < -0.39 is 11.9 Å². The van der Waals surface area contributed by atoms with Crippen LogP contribution in [-0.2, 0) is 38.3 Å². The number of phenols is 2. The summed E-state index contributed by atoms with van der Waals surface area (Å²) >= 11 is 1.35. The van der Waals surface area contributed by atoms with Crippen molar-refractivity contribution in [2.75, 3.05) is 82.1 Å². The highest BCUT2D eigenvalue weighted by molar-refractivity contribution is 8.00. The fourth-order valence-electron chi connectivity index (χ4n) is 8.15. The zero-order valence-electron chi connectivity index (χ0n) is 48.2. The molecular formula is C59H78Cl2N10O12S. The smallest absolute Gasteiger partial charge is 0.339 e. The van der Waals surface area contributed by atoms with Gasteiger partial charge in [-0.15, -0.1) is 0 Å². The van der Waals surface area contributed by atoms with E-state index in [9.17, 15) is 43.8 Å². The number of imide groups is 1. The molecule has 0 aromatic heterocycles. The van der Waals surface area contributed by atoms with Gasteiger partial charge in [-0.05, 0) is 132 Å². The number of phenolic OH excluding ortho intramolecular Hbond substituents is 2. The number of benzene rings is 4. The number of likely N-dealkylation sites (N-methyl/N-ethyl adjacent to an activating group) is 2. The average Bonchev–Trinajstić information content (AvgIpc) is 3.97. The third-order valence-corrected chi connectivity index (χ3v) is 13.8. The Labute approximate surface area is 506 Å². The molecule has 5 rings (SSSR count). The van der Waals surface area contributed by atoms with Gasteiger partial charge in [0.2, 0.25) is 29.5 Å². The van der Waals surface area contributed by atoms with Crippen molar-refractivity contribution in [1.82, 2.24) is 20.9 Å². The molecule has 25 heteroatoms. The number of aromatic hydroxyl groups is 2. The molecule has 1 aliphatic heterocycles. The molecular weight excluding hydrogens is 1140 g/mol. The number of esters is 2. The number of methoxy groups -OCH3 is 1. The van der Waals surface area contributed by atoms with E-state index >= 15 is 0 Å². The first-order valence-corrected chi connectivity index (χ1v) is 28.1. The van der Waals surface area contributed by atoms with E-state index in [4.69, 9.17) is 36.5 Å². The summed E-state index contributed by atoms with van der Waals surface area (Å²) in [6, 6.07) is 23.4. The highest BCUT2D eigenvalue weighted by Crippen LogP contribution is 2.29. The summed E-state index contributed by atoms with van der Waals surface area (Å²) in [5.41, 5.74) is 15.5. The third-order valence-electron chi connectivity index (χ3n) is 12.8. The summed E-state index contributed by atoms with van der Waals surface area (Å²) in [6.45, 7) is 11.0. The first kappa shape index (κ1) is 72.0. The van der Waals surface area contributed by atoms with E-state index in [2.05, 4.69) is 16.0 Å². The second-order valence-electron chi connectivity index (χ2n) is 18.9.